The molecule has 0 aliphatic carbocycles. The van der Waals surface area contributed by atoms with Crippen LogP contribution in [0.3, 0.4) is 0 Å². The molecule has 0 aliphatic heterocycles. The molecule has 2 aromatic carbocycles. The number of phenolic OH excluding ortho intramolecular Hbond substituents is 1. The van der Waals surface area contributed by atoms with E-state index in [1.165, 1.54) is 12.1 Å². The fourth-order valence-corrected chi connectivity index (χ4v) is 3.66. The number of benzene rings is 2. The van der Waals surface area contributed by atoms with E-state index >= 15 is 0 Å². The Morgan fingerprint density at radius 2 is 1.74 bits per heavy atom. The largest absolute Gasteiger partial charge is 0.573 e. The van der Waals surface area contributed by atoms with Crippen LogP contribution < -0.4 is 4.74 Å². The molecule has 1 atom stereocenters. The lowest BCUT2D eigenvalue weighted by atomic mass is 9.86. The lowest BCUT2D eigenvalue weighted by Crippen LogP contribution is -2.17. The predicted molar refractivity (Wildman–Crippen MR) is 111 cm³/mol. The second kappa shape index (κ2) is 8.26. The number of nitrogens with zero attached hydrogens (tertiary/aromatic N) is 2. The highest BCUT2D eigenvalue weighted by molar-refractivity contribution is 5.85. The minimum atomic E-state index is -4.76. The van der Waals surface area contributed by atoms with Crippen molar-refractivity contribution in [3.05, 3.63) is 95.4 Å². The number of halogens is 3. The lowest BCUT2D eigenvalue weighted by molar-refractivity contribution is -0.274. The summed E-state index contributed by atoms with van der Waals surface area (Å²) in [6.45, 7) is 1.89. The maximum Gasteiger partial charge on any atom is 0.573 e. The summed E-state index contributed by atoms with van der Waals surface area (Å²) in [5.74, 6) is -0.597. The Bertz CT molecular complexity index is 1210. The first-order chi connectivity index (χ1) is 14.8. The summed E-state index contributed by atoms with van der Waals surface area (Å²) in [6.07, 6.45) is -2.70. The van der Waals surface area contributed by atoms with Gasteiger partial charge in [-0.25, -0.2) is 0 Å². The highest BCUT2D eigenvalue weighted by atomic mass is 19.4. The summed E-state index contributed by atoms with van der Waals surface area (Å²) < 4.78 is 41.6. The van der Waals surface area contributed by atoms with Gasteiger partial charge >= 0.3 is 6.36 Å². The molecule has 0 radical (unpaired) electrons. The van der Waals surface area contributed by atoms with Gasteiger partial charge in [0.25, 0.3) is 0 Å². The Kier molecular flexibility index (Phi) is 5.50. The standard InChI is InChI=1S/C24H19F3N2O2/c1-15-4-2-6-18(29-15)14-21(16-7-10-19(11-8-16)31-24(25,26)27)20-12-9-17-5-3-13-28-22(17)23(20)30/h2-13,21,30H,14H2,1H3. The molecule has 31 heavy (non-hydrogen) atoms. The molecule has 0 bridgehead atoms. The third-order valence-corrected chi connectivity index (χ3v) is 5.03. The molecule has 0 aliphatic rings. The molecule has 0 spiro atoms. The maximum absolute atomic E-state index is 12.5. The number of aromatic nitrogens is 2. The number of phenols is 1. The van der Waals surface area contributed by atoms with Gasteiger partial charge in [0.05, 0.1) is 0 Å². The normalized spacial score (nSPS) is 12.6. The van der Waals surface area contributed by atoms with E-state index < -0.39 is 6.36 Å². The molecule has 4 aromatic rings. The summed E-state index contributed by atoms with van der Waals surface area (Å²) in [5, 5.41) is 11.8. The van der Waals surface area contributed by atoms with Gasteiger partial charge in [0.2, 0.25) is 0 Å². The van der Waals surface area contributed by atoms with Gasteiger partial charge in [-0.15, -0.1) is 13.2 Å². The minimum Gasteiger partial charge on any atom is -0.505 e. The Labute approximate surface area is 177 Å². The number of hydrogen-bond acceptors (Lipinski definition) is 4. The van der Waals surface area contributed by atoms with E-state index in [9.17, 15) is 18.3 Å². The van der Waals surface area contributed by atoms with Crippen LogP contribution >= 0.6 is 0 Å². The van der Waals surface area contributed by atoms with Gasteiger partial charge in [0.15, 0.2) is 0 Å². The van der Waals surface area contributed by atoms with Gasteiger partial charge < -0.3 is 9.84 Å². The first-order valence-electron chi connectivity index (χ1n) is 9.65. The number of rotatable bonds is 5. The van der Waals surface area contributed by atoms with Crippen molar-refractivity contribution in [1.29, 1.82) is 0 Å². The van der Waals surface area contributed by atoms with Crippen LogP contribution in [0.5, 0.6) is 11.5 Å². The van der Waals surface area contributed by atoms with Gasteiger partial charge in [-0.3, -0.25) is 9.97 Å². The van der Waals surface area contributed by atoms with Crippen LogP contribution in [-0.4, -0.2) is 21.4 Å². The zero-order valence-corrected chi connectivity index (χ0v) is 16.6. The maximum atomic E-state index is 12.5. The van der Waals surface area contributed by atoms with E-state index in [1.807, 2.05) is 43.3 Å². The van der Waals surface area contributed by atoms with E-state index in [0.29, 0.717) is 17.5 Å². The van der Waals surface area contributed by atoms with Crippen molar-refractivity contribution in [1.82, 2.24) is 9.97 Å². The molecular weight excluding hydrogens is 405 g/mol. The molecule has 7 heteroatoms. The second-order valence-corrected chi connectivity index (χ2v) is 7.22. The topological polar surface area (TPSA) is 55.2 Å². The number of alkyl halides is 3. The molecule has 0 saturated heterocycles. The Morgan fingerprint density at radius 1 is 0.968 bits per heavy atom. The van der Waals surface area contributed by atoms with Gasteiger partial charge in [0.1, 0.15) is 17.0 Å². The van der Waals surface area contributed by atoms with Crippen LogP contribution in [-0.2, 0) is 6.42 Å². The first kappa shape index (κ1) is 20.7. The number of aryl methyl sites for hydroxylation is 1. The molecule has 1 N–H and O–H groups in total. The van der Waals surface area contributed by atoms with Gasteiger partial charge in [-0.2, -0.15) is 0 Å². The zero-order chi connectivity index (χ0) is 22.0. The highest BCUT2D eigenvalue weighted by Gasteiger charge is 2.31. The highest BCUT2D eigenvalue weighted by Crippen LogP contribution is 2.38. The van der Waals surface area contributed by atoms with Gasteiger partial charge in [-0.1, -0.05) is 36.4 Å². The molecule has 158 valence electrons. The fourth-order valence-electron chi connectivity index (χ4n) is 3.66. The molecule has 4 nitrogen and oxygen atoms in total. The van der Waals surface area contributed by atoms with Crippen molar-refractivity contribution >= 4 is 10.9 Å². The summed E-state index contributed by atoms with van der Waals surface area (Å²) in [6, 6.07) is 18.7. The molecule has 0 saturated carbocycles. The third kappa shape index (κ3) is 4.77. The minimum absolute atomic E-state index is 0.0476. The molecule has 1 unspecified atom stereocenters. The predicted octanol–water partition coefficient (Wildman–Crippen LogP) is 5.92. The molecule has 0 amide bonds. The van der Waals surface area contributed by atoms with Crippen molar-refractivity contribution in [2.24, 2.45) is 0 Å². The van der Waals surface area contributed by atoms with E-state index in [0.717, 1.165) is 22.3 Å². The molecule has 2 heterocycles. The van der Waals surface area contributed by atoms with Gasteiger partial charge in [-0.05, 0) is 42.8 Å². The molecule has 4 rings (SSSR count). The third-order valence-electron chi connectivity index (χ3n) is 5.03. The summed E-state index contributed by atoms with van der Waals surface area (Å²) in [7, 11) is 0. The van der Waals surface area contributed by atoms with Crippen LogP contribution in [0.15, 0.2) is 72.9 Å². The average molecular weight is 424 g/mol. The molecule has 2 aromatic heterocycles. The van der Waals surface area contributed by atoms with Crippen LogP contribution in [0.25, 0.3) is 10.9 Å². The monoisotopic (exact) mass is 424 g/mol. The zero-order valence-electron chi connectivity index (χ0n) is 16.6. The van der Waals surface area contributed by atoms with Crippen molar-refractivity contribution in [2.75, 3.05) is 0 Å². The van der Waals surface area contributed by atoms with E-state index in [4.69, 9.17) is 0 Å². The van der Waals surface area contributed by atoms with Crippen molar-refractivity contribution in [3.63, 3.8) is 0 Å². The Morgan fingerprint density at radius 3 is 2.45 bits per heavy atom. The second-order valence-electron chi connectivity index (χ2n) is 7.22. The quantitative estimate of drug-likeness (QED) is 0.432. The Hall–Kier alpha value is -3.61. The Balaban J connectivity index is 1.77. The van der Waals surface area contributed by atoms with Crippen LogP contribution in [0, 0.1) is 6.92 Å². The van der Waals surface area contributed by atoms with Crippen molar-refractivity contribution < 1.29 is 23.0 Å². The first-order valence-corrected chi connectivity index (χ1v) is 9.65. The number of hydrogen-bond donors (Lipinski definition) is 1. The van der Waals surface area contributed by atoms with E-state index in [1.54, 1.807) is 24.4 Å². The smallest absolute Gasteiger partial charge is 0.505 e. The van der Waals surface area contributed by atoms with Gasteiger partial charge in [0, 0.05) is 40.9 Å². The summed E-state index contributed by atoms with van der Waals surface area (Å²) >= 11 is 0. The number of ether oxygens (including phenoxy) is 1. The van der Waals surface area contributed by atoms with Crippen LogP contribution in [0.1, 0.15) is 28.4 Å². The van der Waals surface area contributed by atoms with E-state index in [2.05, 4.69) is 14.7 Å². The SMILES string of the molecule is Cc1cccc(CC(c2ccc(OC(F)(F)F)cc2)c2ccc3cccnc3c2O)n1. The summed E-state index contributed by atoms with van der Waals surface area (Å²) in [4.78, 5) is 8.83. The van der Waals surface area contributed by atoms with Crippen molar-refractivity contribution in [3.8, 4) is 11.5 Å². The average Bonchev–Trinajstić information content (AvgIpc) is 2.73. The lowest BCUT2D eigenvalue weighted by Gasteiger charge is -2.20. The number of pyridine rings is 2. The van der Waals surface area contributed by atoms with E-state index in [-0.39, 0.29) is 17.4 Å². The molecular formula is C24H19F3N2O2. The fraction of sp³-hybridized carbons (Fsp3) is 0.167. The summed E-state index contributed by atoms with van der Waals surface area (Å²) in [5.41, 5.74) is 3.48. The number of fused-ring (bicyclic) bond motifs is 1. The molecule has 0 fully saturated rings. The van der Waals surface area contributed by atoms with Crippen LogP contribution in [0.4, 0.5) is 13.2 Å². The number of aromatic hydroxyl groups is 1. The van der Waals surface area contributed by atoms with Crippen molar-refractivity contribution in [2.45, 2.75) is 25.6 Å². The van der Waals surface area contributed by atoms with Crippen LogP contribution in [0.2, 0.25) is 0 Å².